The van der Waals surface area contributed by atoms with Gasteiger partial charge in [0.2, 0.25) is 5.95 Å². The second kappa shape index (κ2) is 4.89. The molecule has 0 radical (unpaired) electrons. The maximum atomic E-state index is 4.36. The van der Waals surface area contributed by atoms with Gasteiger partial charge in [0, 0.05) is 5.69 Å². The first-order chi connectivity index (χ1) is 9.31. The number of hydrazone groups is 1. The number of H-pyrrole nitrogens is 1. The number of benzene rings is 1. The van der Waals surface area contributed by atoms with Crippen LogP contribution in [0, 0.1) is 6.92 Å². The van der Waals surface area contributed by atoms with E-state index in [0.717, 1.165) is 22.4 Å². The fourth-order valence-corrected chi connectivity index (χ4v) is 1.80. The highest BCUT2D eigenvalue weighted by atomic mass is 15.4. The first-order valence-corrected chi connectivity index (χ1v) is 5.99. The molecule has 19 heavy (non-hydrogen) atoms. The van der Waals surface area contributed by atoms with Crippen molar-refractivity contribution in [3.05, 3.63) is 53.9 Å². The van der Waals surface area contributed by atoms with Gasteiger partial charge in [-0.2, -0.15) is 5.10 Å². The molecule has 3 aromatic rings. The van der Waals surface area contributed by atoms with E-state index in [9.17, 15) is 0 Å². The zero-order chi connectivity index (χ0) is 13.1. The van der Waals surface area contributed by atoms with E-state index >= 15 is 0 Å². The van der Waals surface area contributed by atoms with Gasteiger partial charge in [-0.15, -0.1) is 0 Å². The van der Waals surface area contributed by atoms with E-state index in [4.69, 9.17) is 0 Å². The number of aromatic amines is 1. The molecule has 0 unspecified atom stereocenters. The van der Waals surface area contributed by atoms with Crippen LogP contribution in [0.1, 0.15) is 11.4 Å². The van der Waals surface area contributed by atoms with Gasteiger partial charge in [-0.05, 0) is 31.2 Å². The molecule has 1 aromatic carbocycles. The van der Waals surface area contributed by atoms with Crippen LogP contribution in [0.2, 0.25) is 0 Å². The Kier molecular flexibility index (Phi) is 2.94. The molecule has 3 rings (SSSR count). The Bertz CT molecular complexity index is 696. The van der Waals surface area contributed by atoms with Gasteiger partial charge in [0.05, 0.1) is 22.9 Å². The predicted octanol–water partition coefficient (Wildman–Crippen LogP) is 2.71. The molecule has 0 atom stereocenters. The molecule has 0 fully saturated rings. The number of hydrogen-bond acceptors (Lipinski definition) is 4. The van der Waals surface area contributed by atoms with Crippen molar-refractivity contribution in [3.8, 4) is 0 Å². The summed E-state index contributed by atoms with van der Waals surface area (Å²) in [5, 5.41) is 4.12. The fraction of sp³-hybridized carbons (Fsp3) is 0.0714. The van der Waals surface area contributed by atoms with Crippen LogP contribution in [-0.4, -0.2) is 21.2 Å². The lowest BCUT2D eigenvalue weighted by Gasteiger charge is -1.95. The molecular formula is C14H13N5. The van der Waals surface area contributed by atoms with Gasteiger partial charge < -0.3 is 4.98 Å². The molecule has 0 saturated heterocycles. The molecule has 5 nitrogen and oxygen atoms in total. The number of pyridine rings is 1. The van der Waals surface area contributed by atoms with Gasteiger partial charge in [-0.1, -0.05) is 18.2 Å². The Morgan fingerprint density at radius 2 is 2.00 bits per heavy atom. The molecule has 94 valence electrons. The molecule has 2 heterocycles. The zero-order valence-electron chi connectivity index (χ0n) is 10.5. The summed E-state index contributed by atoms with van der Waals surface area (Å²) in [6.45, 7) is 1.95. The highest BCUT2D eigenvalue weighted by Gasteiger charge is 1.99. The average Bonchev–Trinajstić information content (AvgIpc) is 2.81. The van der Waals surface area contributed by atoms with Gasteiger partial charge in [0.1, 0.15) is 0 Å². The minimum absolute atomic E-state index is 0.616. The Morgan fingerprint density at radius 3 is 2.84 bits per heavy atom. The second-order valence-electron chi connectivity index (χ2n) is 4.18. The zero-order valence-corrected chi connectivity index (χ0v) is 10.5. The number of nitrogens with one attached hydrogen (secondary N) is 2. The van der Waals surface area contributed by atoms with Gasteiger partial charge in [-0.3, -0.25) is 4.98 Å². The minimum Gasteiger partial charge on any atom is -0.323 e. The molecule has 0 aliphatic carbocycles. The molecule has 0 saturated carbocycles. The van der Waals surface area contributed by atoms with Gasteiger partial charge >= 0.3 is 0 Å². The van der Waals surface area contributed by atoms with Crippen molar-refractivity contribution in [3.63, 3.8) is 0 Å². The molecule has 2 aromatic heterocycles. The lowest BCUT2D eigenvalue weighted by Crippen LogP contribution is -1.94. The SMILES string of the molecule is Cc1cccc(/C=N\Nc2nc3ccccc3[nH]2)n1. The van der Waals surface area contributed by atoms with Crippen molar-refractivity contribution in [2.24, 2.45) is 5.10 Å². The molecule has 2 N–H and O–H groups in total. The third-order valence-electron chi connectivity index (χ3n) is 2.67. The smallest absolute Gasteiger partial charge is 0.222 e. The first kappa shape index (κ1) is 11.4. The van der Waals surface area contributed by atoms with Crippen molar-refractivity contribution in [1.82, 2.24) is 15.0 Å². The van der Waals surface area contributed by atoms with Crippen molar-refractivity contribution >= 4 is 23.2 Å². The summed E-state index contributed by atoms with van der Waals surface area (Å²) in [5.74, 6) is 0.616. The molecular weight excluding hydrogens is 238 g/mol. The average molecular weight is 251 g/mol. The second-order valence-corrected chi connectivity index (χ2v) is 4.18. The Balaban J connectivity index is 1.75. The van der Waals surface area contributed by atoms with Gasteiger partial charge in [0.15, 0.2) is 0 Å². The summed E-state index contributed by atoms with van der Waals surface area (Å²) in [6.07, 6.45) is 1.67. The number of aryl methyl sites for hydroxylation is 1. The third-order valence-corrected chi connectivity index (χ3v) is 2.67. The number of aromatic nitrogens is 3. The highest BCUT2D eigenvalue weighted by Crippen LogP contribution is 2.12. The normalized spacial score (nSPS) is 11.2. The molecule has 5 heteroatoms. The van der Waals surface area contributed by atoms with Crippen LogP contribution in [0.25, 0.3) is 11.0 Å². The minimum atomic E-state index is 0.616. The standard InChI is InChI=1S/C14H13N5/c1-10-5-4-6-11(16-10)9-15-19-14-17-12-7-2-3-8-13(12)18-14/h2-9H,1H3,(H2,17,18,19)/b15-9-. The van der Waals surface area contributed by atoms with Crippen LogP contribution < -0.4 is 5.43 Å². The van der Waals surface area contributed by atoms with Crippen LogP contribution in [0.15, 0.2) is 47.6 Å². The summed E-state index contributed by atoms with van der Waals surface area (Å²) in [4.78, 5) is 11.8. The number of rotatable bonds is 3. The van der Waals surface area contributed by atoms with Crippen molar-refractivity contribution in [2.45, 2.75) is 6.92 Å². The summed E-state index contributed by atoms with van der Waals surface area (Å²) in [6, 6.07) is 13.6. The topological polar surface area (TPSA) is 66.0 Å². The lowest BCUT2D eigenvalue weighted by atomic mass is 10.3. The first-order valence-electron chi connectivity index (χ1n) is 5.99. The summed E-state index contributed by atoms with van der Waals surface area (Å²) < 4.78 is 0. The largest absolute Gasteiger partial charge is 0.323 e. The number of imidazole rings is 1. The van der Waals surface area contributed by atoms with Crippen molar-refractivity contribution in [2.75, 3.05) is 5.43 Å². The number of fused-ring (bicyclic) bond motifs is 1. The summed E-state index contributed by atoms with van der Waals surface area (Å²) in [7, 11) is 0. The fourth-order valence-electron chi connectivity index (χ4n) is 1.80. The van der Waals surface area contributed by atoms with Crippen LogP contribution in [-0.2, 0) is 0 Å². The van der Waals surface area contributed by atoms with E-state index in [2.05, 4.69) is 25.5 Å². The monoisotopic (exact) mass is 251 g/mol. The van der Waals surface area contributed by atoms with Crippen LogP contribution in [0.5, 0.6) is 0 Å². The van der Waals surface area contributed by atoms with Crippen molar-refractivity contribution < 1.29 is 0 Å². The molecule has 0 spiro atoms. The number of nitrogens with zero attached hydrogens (tertiary/aromatic N) is 3. The number of hydrogen-bond donors (Lipinski definition) is 2. The Hall–Kier alpha value is -2.69. The van der Waals surface area contributed by atoms with Gasteiger partial charge in [0.25, 0.3) is 0 Å². The van der Waals surface area contributed by atoms with E-state index in [1.165, 1.54) is 0 Å². The van der Waals surface area contributed by atoms with E-state index in [-0.39, 0.29) is 0 Å². The molecule has 0 amide bonds. The Labute approximate surface area is 110 Å². The highest BCUT2D eigenvalue weighted by molar-refractivity contribution is 5.79. The molecule has 0 bridgehead atoms. The third kappa shape index (κ3) is 2.60. The van der Waals surface area contributed by atoms with E-state index < -0.39 is 0 Å². The summed E-state index contributed by atoms with van der Waals surface area (Å²) >= 11 is 0. The lowest BCUT2D eigenvalue weighted by molar-refractivity contribution is 1.17. The number of para-hydroxylation sites is 2. The summed E-state index contributed by atoms with van der Waals surface area (Å²) in [5.41, 5.74) is 6.53. The maximum Gasteiger partial charge on any atom is 0.222 e. The van der Waals surface area contributed by atoms with Crippen LogP contribution in [0.4, 0.5) is 5.95 Å². The molecule has 0 aliphatic rings. The van der Waals surface area contributed by atoms with Crippen LogP contribution >= 0.6 is 0 Å². The quantitative estimate of drug-likeness (QED) is 0.555. The van der Waals surface area contributed by atoms with E-state index in [1.807, 2.05) is 49.4 Å². The predicted molar refractivity (Wildman–Crippen MR) is 76.3 cm³/mol. The Morgan fingerprint density at radius 1 is 1.11 bits per heavy atom. The molecule has 0 aliphatic heterocycles. The maximum absolute atomic E-state index is 4.36. The van der Waals surface area contributed by atoms with Gasteiger partial charge in [-0.25, -0.2) is 10.4 Å². The van der Waals surface area contributed by atoms with E-state index in [1.54, 1.807) is 6.21 Å². The van der Waals surface area contributed by atoms with Crippen molar-refractivity contribution in [1.29, 1.82) is 0 Å². The van der Waals surface area contributed by atoms with E-state index in [0.29, 0.717) is 5.95 Å². The number of anilines is 1. The van der Waals surface area contributed by atoms with Crippen LogP contribution in [0.3, 0.4) is 0 Å².